The minimum absolute atomic E-state index is 0. The molecular weight excluding hydrogens is 427 g/mol. The maximum atomic E-state index is 13.2. The number of rotatable bonds is 1. The zero-order valence-corrected chi connectivity index (χ0v) is 18.2. The zero-order chi connectivity index (χ0) is 17.6. The summed E-state index contributed by atoms with van der Waals surface area (Å²) in [6.07, 6.45) is 0.790. The van der Waals surface area contributed by atoms with Gasteiger partial charge in [0, 0.05) is 33.9 Å². The summed E-state index contributed by atoms with van der Waals surface area (Å²) in [6.45, 7) is 2.64. The van der Waals surface area contributed by atoms with Crippen LogP contribution in [0.1, 0.15) is 17.2 Å². The summed E-state index contributed by atoms with van der Waals surface area (Å²) in [5.41, 5.74) is 2.15. The molecule has 8 heteroatoms. The first-order valence-corrected chi connectivity index (χ1v) is 10.1. The van der Waals surface area contributed by atoms with Gasteiger partial charge in [-0.2, -0.15) is 0 Å². The SMILES string of the molecule is C[N+]1([O-])CCN(C2Cc3ccccc3S(=O)c3ccc(Cl)cc32)CC1.Cl.Cl. The zero-order valence-electron chi connectivity index (χ0n) is 15.0. The van der Waals surface area contributed by atoms with Gasteiger partial charge in [0.2, 0.25) is 0 Å². The molecule has 2 aliphatic heterocycles. The van der Waals surface area contributed by atoms with Crippen molar-refractivity contribution in [3.8, 4) is 0 Å². The number of fused-ring (bicyclic) bond motifs is 2. The summed E-state index contributed by atoms with van der Waals surface area (Å²) in [4.78, 5) is 4.08. The highest BCUT2D eigenvalue weighted by molar-refractivity contribution is 7.85. The van der Waals surface area contributed by atoms with E-state index >= 15 is 0 Å². The Bertz CT molecular complexity index is 837. The van der Waals surface area contributed by atoms with Crippen LogP contribution in [-0.4, -0.2) is 47.0 Å². The van der Waals surface area contributed by atoms with Crippen LogP contribution < -0.4 is 0 Å². The molecule has 1 saturated heterocycles. The predicted molar refractivity (Wildman–Crippen MR) is 114 cm³/mol. The lowest BCUT2D eigenvalue weighted by Gasteiger charge is -2.47. The summed E-state index contributed by atoms with van der Waals surface area (Å²) in [7, 11) is 0.529. The van der Waals surface area contributed by atoms with Gasteiger partial charge in [-0.3, -0.25) is 4.90 Å². The van der Waals surface area contributed by atoms with Gasteiger partial charge in [-0.1, -0.05) is 29.8 Å². The summed E-state index contributed by atoms with van der Waals surface area (Å²) >= 11 is 6.27. The van der Waals surface area contributed by atoms with Crippen LogP contribution in [0.15, 0.2) is 52.3 Å². The Morgan fingerprint density at radius 1 is 1.11 bits per heavy atom. The number of hydrogen-bond donors (Lipinski definition) is 0. The molecule has 148 valence electrons. The molecule has 0 N–H and O–H groups in total. The molecular formula is C19H23Cl3N2O2S. The highest BCUT2D eigenvalue weighted by Crippen LogP contribution is 2.38. The van der Waals surface area contributed by atoms with E-state index in [2.05, 4.69) is 11.0 Å². The molecule has 2 atom stereocenters. The molecule has 0 amide bonds. The van der Waals surface area contributed by atoms with Crippen LogP contribution in [0.25, 0.3) is 0 Å². The van der Waals surface area contributed by atoms with E-state index in [-0.39, 0.29) is 35.5 Å². The van der Waals surface area contributed by atoms with Crippen molar-refractivity contribution in [1.82, 2.24) is 4.90 Å². The minimum Gasteiger partial charge on any atom is -0.633 e. The lowest BCUT2D eigenvalue weighted by molar-refractivity contribution is -0.865. The summed E-state index contributed by atoms with van der Waals surface area (Å²) in [5.74, 6) is 0. The summed E-state index contributed by atoms with van der Waals surface area (Å²) < 4.78 is 13.0. The first-order valence-electron chi connectivity index (χ1n) is 8.53. The van der Waals surface area contributed by atoms with Gasteiger partial charge in [-0.15, -0.1) is 24.8 Å². The Labute approximate surface area is 179 Å². The lowest BCUT2D eigenvalue weighted by Crippen LogP contribution is -2.54. The average molecular weight is 450 g/mol. The molecule has 0 spiro atoms. The predicted octanol–water partition coefficient (Wildman–Crippen LogP) is 4.21. The number of benzene rings is 2. The second kappa shape index (κ2) is 8.78. The number of hydrogen-bond acceptors (Lipinski definition) is 3. The van der Waals surface area contributed by atoms with E-state index in [1.807, 2.05) is 36.4 Å². The largest absolute Gasteiger partial charge is 0.633 e. The molecule has 4 rings (SSSR count). The fraction of sp³-hybridized carbons (Fsp3) is 0.368. The number of piperazine rings is 1. The van der Waals surface area contributed by atoms with E-state index in [0.717, 1.165) is 40.4 Å². The Hall–Kier alpha value is -0.660. The van der Waals surface area contributed by atoms with E-state index in [1.54, 1.807) is 7.05 Å². The number of quaternary nitrogens is 1. The fourth-order valence-electron chi connectivity index (χ4n) is 3.78. The van der Waals surface area contributed by atoms with Gasteiger partial charge in [-0.25, -0.2) is 4.21 Å². The Balaban J connectivity index is 0.00000131. The maximum absolute atomic E-state index is 13.2. The van der Waals surface area contributed by atoms with Crippen LogP contribution in [0.2, 0.25) is 5.02 Å². The Kier molecular flexibility index (Phi) is 7.36. The van der Waals surface area contributed by atoms with Crippen molar-refractivity contribution < 1.29 is 8.86 Å². The second-order valence-electron chi connectivity index (χ2n) is 7.06. The quantitative estimate of drug-likeness (QED) is 0.484. The highest BCUT2D eigenvalue weighted by atomic mass is 35.5. The fourth-order valence-corrected chi connectivity index (χ4v) is 5.39. The molecule has 2 heterocycles. The highest BCUT2D eigenvalue weighted by Gasteiger charge is 2.33. The van der Waals surface area contributed by atoms with Gasteiger partial charge < -0.3 is 9.85 Å². The monoisotopic (exact) mass is 448 g/mol. The third-order valence-corrected chi connectivity index (χ3v) is 7.08. The van der Waals surface area contributed by atoms with E-state index in [1.165, 1.54) is 0 Å². The smallest absolute Gasteiger partial charge is 0.0911 e. The van der Waals surface area contributed by atoms with Crippen LogP contribution in [0, 0.1) is 5.21 Å². The van der Waals surface area contributed by atoms with Crippen molar-refractivity contribution in [2.24, 2.45) is 0 Å². The lowest BCUT2D eigenvalue weighted by atomic mass is 9.96. The van der Waals surface area contributed by atoms with Crippen molar-refractivity contribution in [3.63, 3.8) is 0 Å². The van der Waals surface area contributed by atoms with Crippen LogP contribution in [0.4, 0.5) is 0 Å². The maximum Gasteiger partial charge on any atom is 0.0911 e. The van der Waals surface area contributed by atoms with Crippen molar-refractivity contribution >= 4 is 47.2 Å². The third-order valence-electron chi connectivity index (χ3n) is 5.28. The molecule has 2 unspecified atom stereocenters. The van der Waals surface area contributed by atoms with E-state index in [4.69, 9.17) is 11.6 Å². The number of likely N-dealkylation sites (N-methyl/N-ethyl adjacent to an activating group) is 1. The standard InChI is InChI=1S/C19H21ClN2O2S.2ClH/c1-22(23)10-8-21(9-11-22)17-12-14-4-2-3-5-18(14)25(24)19-7-6-15(20)13-16(17)19;;/h2-7,13,17H,8-12H2,1H3;2*1H. The van der Waals surface area contributed by atoms with Crippen molar-refractivity contribution in [2.45, 2.75) is 22.3 Å². The molecule has 27 heavy (non-hydrogen) atoms. The van der Waals surface area contributed by atoms with Crippen molar-refractivity contribution in [1.29, 1.82) is 0 Å². The number of halogens is 3. The van der Waals surface area contributed by atoms with Gasteiger partial charge in [-0.05, 0) is 41.8 Å². The van der Waals surface area contributed by atoms with Gasteiger partial charge >= 0.3 is 0 Å². The topological polar surface area (TPSA) is 43.4 Å². The molecule has 1 fully saturated rings. The first-order chi connectivity index (χ1) is 11.9. The number of hydroxylamine groups is 3. The minimum atomic E-state index is -1.21. The molecule has 0 bridgehead atoms. The van der Waals surface area contributed by atoms with Gasteiger partial charge in [0.15, 0.2) is 0 Å². The molecule has 4 nitrogen and oxygen atoms in total. The van der Waals surface area contributed by atoms with Gasteiger partial charge in [0.05, 0.1) is 30.9 Å². The van der Waals surface area contributed by atoms with Crippen LogP contribution >= 0.6 is 36.4 Å². The summed E-state index contributed by atoms with van der Waals surface area (Å²) in [5, 5.41) is 12.9. The van der Waals surface area contributed by atoms with Crippen molar-refractivity contribution in [3.05, 3.63) is 63.8 Å². The third kappa shape index (κ3) is 4.51. The van der Waals surface area contributed by atoms with E-state index in [9.17, 15) is 9.42 Å². The molecule has 0 radical (unpaired) electrons. The molecule has 2 aromatic rings. The molecule has 2 aliphatic rings. The number of nitrogens with zero attached hydrogens (tertiary/aromatic N) is 2. The molecule has 2 aromatic carbocycles. The van der Waals surface area contributed by atoms with Crippen molar-refractivity contribution in [2.75, 3.05) is 33.2 Å². The van der Waals surface area contributed by atoms with Crippen LogP contribution in [-0.2, 0) is 17.2 Å². The van der Waals surface area contributed by atoms with Gasteiger partial charge in [0.25, 0.3) is 0 Å². The normalized spacial score (nSPS) is 23.8. The molecule has 0 aliphatic carbocycles. The van der Waals surface area contributed by atoms with E-state index in [0.29, 0.717) is 18.1 Å². The summed E-state index contributed by atoms with van der Waals surface area (Å²) in [6, 6.07) is 13.7. The van der Waals surface area contributed by atoms with Crippen LogP contribution in [0.5, 0.6) is 0 Å². The van der Waals surface area contributed by atoms with E-state index < -0.39 is 10.8 Å². The second-order valence-corrected chi connectivity index (χ2v) is 8.91. The Morgan fingerprint density at radius 3 is 2.48 bits per heavy atom. The molecule has 0 aromatic heterocycles. The van der Waals surface area contributed by atoms with Gasteiger partial charge in [0.1, 0.15) is 0 Å². The first kappa shape index (κ1) is 22.6. The average Bonchev–Trinajstić information content (AvgIpc) is 2.71. The van der Waals surface area contributed by atoms with Crippen LogP contribution in [0.3, 0.4) is 0 Å². The molecule has 0 saturated carbocycles. The Morgan fingerprint density at radius 2 is 1.78 bits per heavy atom.